The van der Waals surface area contributed by atoms with Crippen molar-refractivity contribution in [3.8, 4) is 27.6 Å². The van der Waals surface area contributed by atoms with Crippen molar-refractivity contribution in [1.82, 2.24) is 4.98 Å². The lowest BCUT2D eigenvalue weighted by Crippen LogP contribution is -2.01. The van der Waals surface area contributed by atoms with Crippen molar-refractivity contribution in [2.24, 2.45) is 0 Å². The first-order chi connectivity index (χ1) is 15.2. The Hall–Kier alpha value is -2.66. The molecule has 4 nitrogen and oxygen atoms in total. The van der Waals surface area contributed by atoms with Gasteiger partial charge in [-0.05, 0) is 42.7 Å². The second-order valence-electron chi connectivity index (χ2n) is 7.60. The predicted octanol–water partition coefficient (Wildman–Crippen LogP) is 6.93. The molecule has 0 fully saturated rings. The molecule has 0 aliphatic heterocycles. The predicted molar refractivity (Wildman–Crippen MR) is 128 cm³/mol. The Kier molecular flexibility index (Phi) is 9.10. The number of aromatic nitrogens is 1. The number of rotatable bonds is 12. The Morgan fingerprint density at radius 3 is 2.35 bits per heavy atom. The lowest BCUT2D eigenvalue weighted by molar-refractivity contribution is -0.140. The summed E-state index contributed by atoms with van der Waals surface area (Å²) in [5.74, 6) is 0.731. The maximum atomic E-state index is 11.3. The summed E-state index contributed by atoms with van der Waals surface area (Å²) in [7, 11) is 1.42. The molecule has 0 spiro atoms. The fourth-order valence-electron chi connectivity index (χ4n) is 3.32. The number of hydrogen-bond acceptors (Lipinski definition) is 5. The van der Waals surface area contributed by atoms with Crippen LogP contribution < -0.4 is 4.74 Å². The van der Waals surface area contributed by atoms with E-state index in [0.29, 0.717) is 12.8 Å². The van der Waals surface area contributed by atoms with Crippen molar-refractivity contribution in [3.05, 3.63) is 59.5 Å². The second kappa shape index (κ2) is 12.3. The third-order valence-electron chi connectivity index (χ3n) is 5.22. The van der Waals surface area contributed by atoms with Gasteiger partial charge in [0.15, 0.2) is 0 Å². The monoisotopic (exact) mass is 437 g/mol. The van der Waals surface area contributed by atoms with Crippen molar-refractivity contribution in [1.29, 1.82) is 0 Å². The number of thiazole rings is 1. The molecule has 0 atom stereocenters. The van der Waals surface area contributed by atoms with E-state index in [9.17, 15) is 4.79 Å². The van der Waals surface area contributed by atoms with Gasteiger partial charge in [-0.2, -0.15) is 0 Å². The lowest BCUT2D eigenvalue weighted by Gasteiger charge is -2.06. The van der Waals surface area contributed by atoms with Gasteiger partial charge in [0.1, 0.15) is 10.8 Å². The van der Waals surface area contributed by atoms with Crippen LogP contribution in [0.3, 0.4) is 0 Å². The van der Waals surface area contributed by atoms with Gasteiger partial charge in [-0.15, -0.1) is 11.3 Å². The quantitative estimate of drug-likeness (QED) is 0.228. The minimum Gasteiger partial charge on any atom is -0.494 e. The fourth-order valence-corrected chi connectivity index (χ4v) is 4.15. The van der Waals surface area contributed by atoms with E-state index in [-0.39, 0.29) is 5.97 Å². The van der Waals surface area contributed by atoms with Crippen LogP contribution in [-0.4, -0.2) is 24.7 Å². The largest absolute Gasteiger partial charge is 0.494 e. The summed E-state index contributed by atoms with van der Waals surface area (Å²) in [6, 6.07) is 16.4. The van der Waals surface area contributed by atoms with Crippen molar-refractivity contribution in [2.45, 2.75) is 51.9 Å². The van der Waals surface area contributed by atoms with Gasteiger partial charge in [-0.25, -0.2) is 4.98 Å². The molecule has 0 aliphatic carbocycles. The molecule has 0 aliphatic rings. The zero-order valence-electron chi connectivity index (χ0n) is 18.4. The maximum Gasteiger partial charge on any atom is 0.305 e. The van der Waals surface area contributed by atoms with Gasteiger partial charge in [0.2, 0.25) is 0 Å². The van der Waals surface area contributed by atoms with Crippen LogP contribution in [0.15, 0.2) is 53.9 Å². The summed E-state index contributed by atoms with van der Waals surface area (Å²) in [4.78, 5) is 16.1. The Morgan fingerprint density at radius 1 is 0.935 bits per heavy atom. The molecule has 31 heavy (non-hydrogen) atoms. The van der Waals surface area contributed by atoms with Crippen LogP contribution in [0.1, 0.15) is 51.0 Å². The zero-order valence-corrected chi connectivity index (χ0v) is 19.2. The van der Waals surface area contributed by atoms with Crippen LogP contribution in [-0.2, 0) is 16.0 Å². The number of aryl methyl sites for hydroxylation is 1. The topological polar surface area (TPSA) is 48.4 Å². The van der Waals surface area contributed by atoms with Crippen molar-refractivity contribution >= 4 is 17.3 Å². The van der Waals surface area contributed by atoms with E-state index >= 15 is 0 Å². The first kappa shape index (κ1) is 23.0. The van der Waals surface area contributed by atoms with E-state index in [0.717, 1.165) is 46.2 Å². The molecule has 164 valence electrons. The summed E-state index contributed by atoms with van der Waals surface area (Å²) < 4.78 is 10.6. The number of methoxy groups -OCH3 is 1. The van der Waals surface area contributed by atoms with E-state index < -0.39 is 0 Å². The Morgan fingerprint density at radius 2 is 1.65 bits per heavy atom. The van der Waals surface area contributed by atoms with Gasteiger partial charge >= 0.3 is 5.97 Å². The van der Waals surface area contributed by atoms with Crippen molar-refractivity contribution in [3.63, 3.8) is 0 Å². The molecule has 2 aromatic carbocycles. The third kappa shape index (κ3) is 7.21. The van der Waals surface area contributed by atoms with Crippen LogP contribution in [0.25, 0.3) is 21.8 Å². The van der Waals surface area contributed by atoms with E-state index in [1.54, 1.807) is 11.3 Å². The van der Waals surface area contributed by atoms with Gasteiger partial charge < -0.3 is 9.47 Å². The van der Waals surface area contributed by atoms with E-state index in [1.165, 1.54) is 32.8 Å². The average Bonchev–Trinajstić information content (AvgIpc) is 3.31. The van der Waals surface area contributed by atoms with E-state index in [1.807, 2.05) is 24.3 Å². The summed E-state index contributed by atoms with van der Waals surface area (Å²) in [6.45, 7) is 3.01. The molecule has 0 unspecified atom stereocenters. The molecule has 0 radical (unpaired) electrons. The number of unbranched alkanes of at least 4 members (excludes halogenated alkanes) is 4. The van der Waals surface area contributed by atoms with Gasteiger partial charge in [0, 0.05) is 22.9 Å². The Labute approximate surface area is 189 Å². The number of esters is 1. The molecule has 3 aromatic rings. The summed E-state index contributed by atoms with van der Waals surface area (Å²) in [6.07, 6.45) is 7.30. The van der Waals surface area contributed by atoms with E-state index in [2.05, 4.69) is 36.6 Å². The molecule has 1 aromatic heterocycles. The molecule has 0 amide bonds. The molecule has 3 rings (SSSR count). The lowest BCUT2D eigenvalue weighted by atomic mass is 10.1. The number of nitrogens with zero attached hydrogens (tertiary/aromatic N) is 1. The molecule has 0 bridgehead atoms. The number of benzene rings is 2. The van der Waals surface area contributed by atoms with Gasteiger partial charge in [0.05, 0.1) is 19.4 Å². The Bertz CT molecular complexity index is 932. The SMILES string of the molecule is CCCCCCCOc1ccc(-c2csc(-c3ccc(CCC(=O)OC)cc3)n2)cc1. The molecule has 5 heteroatoms. The highest BCUT2D eigenvalue weighted by atomic mass is 32.1. The number of hydrogen-bond donors (Lipinski definition) is 0. The summed E-state index contributed by atoms with van der Waals surface area (Å²) in [5, 5.41) is 3.08. The van der Waals surface area contributed by atoms with Crippen molar-refractivity contribution in [2.75, 3.05) is 13.7 Å². The zero-order chi connectivity index (χ0) is 21.9. The number of ether oxygens (including phenoxy) is 2. The van der Waals surface area contributed by atoms with Crippen LogP contribution >= 0.6 is 11.3 Å². The first-order valence-electron chi connectivity index (χ1n) is 11.0. The fraction of sp³-hybridized carbons (Fsp3) is 0.385. The minimum atomic E-state index is -0.183. The molecule has 0 N–H and O–H groups in total. The molecular formula is C26H31NO3S. The van der Waals surface area contributed by atoms with Gasteiger partial charge in [0.25, 0.3) is 0 Å². The maximum absolute atomic E-state index is 11.3. The average molecular weight is 438 g/mol. The minimum absolute atomic E-state index is 0.183. The molecule has 0 saturated carbocycles. The molecular weight excluding hydrogens is 406 g/mol. The van der Waals surface area contributed by atoms with Gasteiger partial charge in [-0.3, -0.25) is 4.79 Å². The van der Waals surface area contributed by atoms with Crippen LogP contribution in [0.5, 0.6) is 5.75 Å². The Balaban J connectivity index is 1.53. The van der Waals surface area contributed by atoms with E-state index in [4.69, 9.17) is 14.5 Å². The van der Waals surface area contributed by atoms with Crippen LogP contribution in [0.4, 0.5) is 0 Å². The normalized spacial score (nSPS) is 10.8. The third-order valence-corrected chi connectivity index (χ3v) is 6.11. The smallest absolute Gasteiger partial charge is 0.305 e. The van der Waals surface area contributed by atoms with Crippen molar-refractivity contribution < 1.29 is 14.3 Å². The van der Waals surface area contributed by atoms with Crippen LogP contribution in [0.2, 0.25) is 0 Å². The molecule has 1 heterocycles. The number of carbonyl (C=O) groups excluding carboxylic acids is 1. The number of carbonyl (C=O) groups is 1. The first-order valence-corrected chi connectivity index (χ1v) is 11.9. The highest BCUT2D eigenvalue weighted by Gasteiger charge is 2.08. The second-order valence-corrected chi connectivity index (χ2v) is 8.46. The summed E-state index contributed by atoms with van der Waals surface area (Å²) >= 11 is 1.64. The highest BCUT2D eigenvalue weighted by molar-refractivity contribution is 7.13. The highest BCUT2D eigenvalue weighted by Crippen LogP contribution is 2.30. The van der Waals surface area contributed by atoms with Gasteiger partial charge in [-0.1, -0.05) is 56.9 Å². The summed E-state index contributed by atoms with van der Waals surface area (Å²) in [5.41, 5.74) is 4.27. The standard InChI is InChI=1S/C26H31NO3S/c1-3-4-5-6-7-18-30-23-15-13-21(14-16-23)24-19-31-26(27-24)22-11-8-20(9-12-22)10-17-25(28)29-2/h8-9,11-16,19H,3-7,10,17-18H2,1-2H3. The van der Waals surface area contributed by atoms with Crippen LogP contribution in [0, 0.1) is 0 Å². The molecule has 0 saturated heterocycles.